The summed E-state index contributed by atoms with van der Waals surface area (Å²) in [4.78, 5) is 25.6. The molecule has 0 bridgehead atoms. The molecule has 1 heterocycles. The predicted octanol–water partition coefficient (Wildman–Crippen LogP) is 2.94. The second kappa shape index (κ2) is 6.67. The van der Waals surface area contributed by atoms with Gasteiger partial charge in [0.15, 0.2) is 6.10 Å². The summed E-state index contributed by atoms with van der Waals surface area (Å²) in [6.07, 6.45) is -3.33. The van der Waals surface area contributed by atoms with Gasteiger partial charge in [0.25, 0.3) is 5.91 Å². The highest BCUT2D eigenvalue weighted by molar-refractivity contribution is 5.95. The molecule has 136 valence electrons. The Bertz CT molecular complexity index is 672. The normalized spacial score (nSPS) is 24.0. The summed E-state index contributed by atoms with van der Waals surface area (Å²) in [6.45, 7) is 0.209. The lowest BCUT2D eigenvalue weighted by Crippen LogP contribution is -2.48. The molecule has 8 heteroatoms. The summed E-state index contributed by atoms with van der Waals surface area (Å²) in [7, 11) is 0. The van der Waals surface area contributed by atoms with E-state index < -0.39 is 29.7 Å². The number of nitrogens with zero attached hydrogens (tertiary/aromatic N) is 1. The van der Waals surface area contributed by atoms with Gasteiger partial charge in [-0.3, -0.25) is 4.79 Å². The minimum absolute atomic E-state index is 0.0277. The van der Waals surface area contributed by atoms with Gasteiger partial charge in [-0.25, -0.2) is 4.79 Å². The van der Waals surface area contributed by atoms with Crippen LogP contribution in [0.4, 0.5) is 13.2 Å². The van der Waals surface area contributed by atoms with Gasteiger partial charge in [-0.05, 0) is 37.5 Å². The molecule has 1 saturated heterocycles. The lowest BCUT2D eigenvalue weighted by molar-refractivity contribution is -0.155. The van der Waals surface area contributed by atoms with Crippen LogP contribution in [0.3, 0.4) is 0 Å². The van der Waals surface area contributed by atoms with Crippen LogP contribution in [-0.2, 0) is 15.7 Å². The lowest BCUT2D eigenvalue weighted by Gasteiger charge is -2.36. The number of benzene rings is 1. The van der Waals surface area contributed by atoms with E-state index in [1.807, 2.05) is 0 Å². The first kappa shape index (κ1) is 17.7. The fourth-order valence-electron chi connectivity index (χ4n) is 3.16. The van der Waals surface area contributed by atoms with Crippen molar-refractivity contribution in [3.63, 3.8) is 0 Å². The van der Waals surface area contributed by atoms with Gasteiger partial charge in [-0.15, -0.1) is 0 Å². The number of carboxylic acids is 1. The van der Waals surface area contributed by atoms with Gasteiger partial charge < -0.3 is 14.7 Å². The Balaban J connectivity index is 1.84. The van der Waals surface area contributed by atoms with Crippen LogP contribution in [0.2, 0.25) is 0 Å². The second-order valence-electron chi connectivity index (χ2n) is 6.40. The molecular formula is C17H18F3NO4. The highest BCUT2D eigenvalue weighted by Gasteiger charge is 2.41. The van der Waals surface area contributed by atoms with Crippen LogP contribution in [0.25, 0.3) is 0 Å². The van der Waals surface area contributed by atoms with Gasteiger partial charge in [0, 0.05) is 30.7 Å². The molecule has 0 radical (unpaired) electrons. The zero-order valence-electron chi connectivity index (χ0n) is 13.3. The Hall–Kier alpha value is -2.09. The monoisotopic (exact) mass is 357 g/mol. The fraction of sp³-hybridized carbons (Fsp3) is 0.529. The van der Waals surface area contributed by atoms with Crippen molar-refractivity contribution in [1.82, 2.24) is 4.90 Å². The Labute approximate surface area is 142 Å². The molecule has 25 heavy (non-hydrogen) atoms. The van der Waals surface area contributed by atoms with E-state index in [-0.39, 0.29) is 30.7 Å². The molecule has 1 amide bonds. The quantitative estimate of drug-likeness (QED) is 0.900. The van der Waals surface area contributed by atoms with Gasteiger partial charge >= 0.3 is 12.1 Å². The van der Waals surface area contributed by atoms with E-state index in [9.17, 15) is 22.8 Å². The summed E-state index contributed by atoms with van der Waals surface area (Å²) >= 11 is 0. The minimum Gasteiger partial charge on any atom is -0.479 e. The molecule has 1 N–H and O–H groups in total. The maximum atomic E-state index is 12.9. The first-order valence-electron chi connectivity index (χ1n) is 8.11. The number of aliphatic carboxylic acids is 1. The first-order chi connectivity index (χ1) is 11.8. The summed E-state index contributed by atoms with van der Waals surface area (Å²) < 4.78 is 43.9. The van der Waals surface area contributed by atoms with E-state index in [1.165, 1.54) is 12.1 Å². The van der Waals surface area contributed by atoms with Crippen molar-refractivity contribution in [2.45, 2.75) is 50.0 Å². The van der Waals surface area contributed by atoms with Crippen LogP contribution in [0.5, 0.6) is 0 Å². The molecule has 1 aliphatic heterocycles. The van der Waals surface area contributed by atoms with Crippen molar-refractivity contribution in [2.75, 3.05) is 6.61 Å². The summed E-state index contributed by atoms with van der Waals surface area (Å²) in [5.41, 5.74) is -0.899. The second-order valence-corrected chi connectivity index (χ2v) is 6.40. The fourth-order valence-corrected chi connectivity index (χ4v) is 3.16. The van der Waals surface area contributed by atoms with Crippen LogP contribution < -0.4 is 0 Å². The number of rotatable bonds is 4. The largest absolute Gasteiger partial charge is 0.479 e. The average molecular weight is 357 g/mol. The lowest BCUT2D eigenvalue weighted by atomic mass is 9.99. The number of hydrogen-bond acceptors (Lipinski definition) is 3. The van der Waals surface area contributed by atoms with Crippen LogP contribution in [0.15, 0.2) is 24.3 Å². The van der Waals surface area contributed by atoms with Crippen molar-refractivity contribution >= 4 is 11.9 Å². The topological polar surface area (TPSA) is 66.8 Å². The standard InChI is InChI=1S/C17H18F3NO4/c18-17(19,20)11-3-1-2-10(8-11)15(22)21(12-4-5-12)13-6-7-25-14(9-13)16(23)24/h1-3,8,12-14H,4-7,9H2,(H,23,24)/t13-,14+/m0/s1. The minimum atomic E-state index is -4.52. The van der Waals surface area contributed by atoms with Gasteiger partial charge in [-0.1, -0.05) is 6.07 Å². The Morgan fingerprint density at radius 1 is 1.16 bits per heavy atom. The number of carboxylic acid groups (broad SMARTS) is 1. The molecule has 1 saturated carbocycles. The molecule has 2 atom stereocenters. The first-order valence-corrected chi connectivity index (χ1v) is 8.11. The van der Waals surface area contributed by atoms with Crippen molar-refractivity contribution in [2.24, 2.45) is 0 Å². The molecule has 0 unspecified atom stereocenters. The summed E-state index contributed by atoms with van der Waals surface area (Å²) in [5.74, 6) is -1.57. The van der Waals surface area contributed by atoms with E-state index in [1.54, 1.807) is 4.90 Å². The van der Waals surface area contributed by atoms with Crippen LogP contribution in [-0.4, -0.2) is 46.7 Å². The van der Waals surface area contributed by atoms with Crippen molar-refractivity contribution in [1.29, 1.82) is 0 Å². The molecule has 3 rings (SSSR count). The molecule has 0 spiro atoms. The zero-order chi connectivity index (χ0) is 18.2. The SMILES string of the molecule is O=C(O)[C@H]1C[C@@H](N(C(=O)c2cccc(C(F)(F)F)c2)C2CC2)CCO1. The Morgan fingerprint density at radius 2 is 1.88 bits per heavy atom. The van der Waals surface area contributed by atoms with E-state index >= 15 is 0 Å². The van der Waals surface area contributed by atoms with E-state index in [0.29, 0.717) is 6.42 Å². The third-order valence-corrected chi connectivity index (χ3v) is 4.54. The maximum absolute atomic E-state index is 12.9. The number of halogens is 3. The van der Waals surface area contributed by atoms with Crippen LogP contribution in [0, 0.1) is 0 Å². The van der Waals surface area contributed by atoms with Gasteiger partial charge in [0.1, 0.15) is 0 Å². The Kier molecular flexibility index (Phi) is 4.73. The molecule has 1 aromatic carbocycles. The highest BCUT2D eigenvalue weighted by Crippen LogP contribution is 2.35. The van der Waals surface area contributed by atoms with Crippen LogP contribution in [0.1, 0.15) is 41.6 Å². The van der Waals surface area contributed by atoms with E-state index in [0.717, 1.165) is 25.0 Å². The number of ether oxygens (including phenoxy) is 1. The molecule has 5 nitrogen and oxygen atoms in total. The predicted molar refractivity (Wildman–Crippen MR) is 81.0 cm³/mol. The number of alkyl halides is 3. The molecule has 2 aliphatic rings. The molecule has 1 aromatic rings. The summed E-state index contributed by atoms with van der Waals surface area (Å²) in [6, 6.07) is 3.97. The number of carbonyl (C=O) groups excluding carboxylic acids is 1. The smallest absolute Gasteiger partial charge is 0.416 e. The zero-order valence-corrected chi connectivity index (χ0v) is 13.3. The van der Waals surface area contributed by atoms with Crippen molar-refractivity contribution in [3.8, 4) is 0 Å². The van der Waals surface area contributed by atoms with Crippen molar-refractivity contribution in [3.05, 3.63) is 35.4 Å². The van der Waals surface area contributed by atoms with Crippen LogP contribution >= 0.6 is 0 Å². The van der Waals surface area contributed by atoms with E-state index in [2.05, 4.69) is 0 Å². The average Bonchev–Trinajstić information content (AvgIpc) is 3.39. The molecule has 2 fully saturated rings. The van der Waals surface area contributed by atoms with Gasteiger partial charge in [0.05, 0.1) is 5.56 Å². The molecule has 1 aliphatic carbocycles. The maximum Gasteiger partial charge on any atom is 0.416 e. The molecular weight excluding hydrogens is 339 g/mol. The Morgan fingerprint density at radius 3 is 2.48 bits per heavy atom. The van der Waals surface area contributed by atoms with Gasteiger partial charge in [-0.2, -0.15) is 13.2 Å². The summed E-state index contributed by atoms with van der Waals surface area (Å²) in [5, 5.41) is 9.12. The number of hydrogen-bond donors (Lipinski definition) is 1. The number of carbonyl (C=O) groups is 2. The van der Waals surface area contributed by atoms with Crippen molar-refractivity contribution < 1.29 is 32.6 Å². The third-order valence-electron chi connectivity index (χ3n) is 4.54. The third kappa shape index (κ3) is 3.95. The molecule has 0 aromatic heterocycles. The number of amides is 1. The van der Waals surface area contributed by atoms with Gasteiger partial charge in [0.2, 0.25) is 0 Å². The highest BCUT2D eigenvalue weighted by atomic mass is 19.4. The van der Waals surface area contributed by atoms with E-state index in [4.69, 9.17) is 9.84 Å².